The van der Waals surface area contributed by atoms with Crippen molar-refractivity contribution in [2.75, 3.05) is 0 Å². The summed E-state index contributed by atoms with van der Waals surface area (Å²) in [6, 6.07) is 8.19. The summed E-state index contributed by atoms with van der Waals surface area (Å²) in [5.74, 6) is -1.16. The Labute approximate surface area is 118 Å². The highest BCUT2D eigenvalue weighted by molar-refractivity contribution is 6.32. The summed E-state index contributed by atoms with van der Waals surface area (Å²) >= 11 is 11.5. The fraction of sp³-hybridized carbons (Fsp3) is 0. The van der Waals surface area contributed by atoms with Crippen LogP contribution in [0.4, 0.5) is 0 Å². The molecule has 0 aliphatic heterocycles. The van der Waals surface area contributed by atoms with Gasteiger partial charge in [0.15, 0.2) is 0 Å². The van der Waals surface area contributed by atoms with Crippen LogP contribution in [0.15, 0.2) is 30.5 Å². The number of hydrogen-bond donors (Lipinski definition) is 1. The molecule has 1 aromatic carbocycles. The van der Waals surface area contributed by atoms with Crippen LogP contribution >= 0.6 is 23.2 Å². The number of carboxylic acids is 1. The summed E-state index contributed by atoms with van der Waals surface area (Å²) in [5.41, 5.74) is 1.42. The van der Waals surface area contributed by atoms with E-state index in [0.717, 1.165) is 0 Å². The molecule has 0 unspecified atom stereocenters. The van der Waals surface area contributed by atoms with Crippen molar-refractivity contribution in [3.05, 3.63) is 51.8 Å². The Balaban J connectivity index is 2.57. The highest BCUT2D eigenvalue weighted by Crippen LogP contribution is 2.26. The van der Waals surface area contributed by atoms with Crippen LogP contribution in [0, 0.1) is 11.3 Å². The molecule has 0 fully saturated rings. The van der Waals surface area contributed by atoms with Gasteiger partial charge >= 0.3 is 5.97 Å². The number of aromatic nitrogens is 1. The molecule has 0 bridgehead atoms. The summed E-state index contributed by atoms with van der Waals surface area (Å²) in [6.45, 7) is 0. The van der Waals surface area contributed by atoms with Gasteiger partial charge in [-0.3, -0.25) is 0 Å². The van der Waals surface area contributed by atoms with Gasteiger partial charge in [0.05, 0.1) is 16.1 Å². The van der Waals surface area contributed by atoms with Crippen LogP contribution < -0.4 is 0 Å². The van der Waals surface area contributed by atoms with Crippen molar-refractivity contribution in [2.24, 2.45) is 0 Å². The molecule has 0 saturated carbocycles. The van der Waals surface area contributed by atoms with E-state index in [-0.39, 0.29) is 10.7 Å². The molecule has 19 heavy (non-hydrogen) atoms. The minimum Gasteiger partial charge on any atom is -0.478 e. The maximum Gasteiger partial charge on any atom is 0.338 e. The number of nitrogens with zero attached hydrogens (tertiary/aromatic N) is 2. The molecule has 2 rings (SSSR count). The zero-order valence-corrected chi connectivity index (χ0v) is 10.9. The summed E-state index contributed by atoms with van der Waals surface area (Å²) in [4.78, 5) is 14.8. The Morgan fingerprint density at radius 1 is 1.26 bits per heavy atom. The lowest BCUT2D eigenvalue weighted by molar-refractivity contribution is 0.0696. The standard InChI is InChI=1S/C13H6Cl2N2O2/c14-11-2-1-7(3-8(11)5-16)9-4-10(13(18)19)12(15)17-6-9/h1-4,6H,(H,18,19). The van der Waals surface area contributed by atoms with Crippen molar-refractivity contribution in [1.82, 2.24) is 4.98 Å². The summed E-state index contributed by atoms with van der Waals surface area (Å²) in [5, 5.41) is 18.2. The molecule has 0 aliphatic carbocycles. The van der Waals surface area contributed by atoms with Crippen LogP contribution in [-0.4, -0.2) is 16.1 Å². The monoisotopic (exact) mass is 292 g/mol. The lowest BCUT2D eigenvalue weighted by atomic mass is 10.0. The SMILES string of the molecule is N#Cc1cc(-c2cnc(Cl)c(C(=O)O)c2)ccc1Cl. The first-order valence-corrected chi connectivity index (χ1v) is 5.87. The predicted octanol–water partition coefficient (Wildman–Crippen LogP) is 3.63. The quantitative estimate of drug-likeness (QED) is 0.858. The third-order valence-electron chi connectivity index (χ3n) is 2.49. The maximum absolute atomic E-state index is 11.0. The first kappa shape index (κ1) is 13.3. The lowest BCUT2D eigenvalue weighted by Crippen LogP contribution is -1.99. The third kappa shape index (κ3) is 2.68. The van der Waals surface area contributed by atoms with Gasteiger partial charge in [-0.05, 0) is 23.8 Å². The fourth-order valence-electron chi connectivity index (χ4n) is 1.55. The van der Waals surface area contributed by atoms with E-state index in [2.05, 4.69) is 4.98 Å². The van der Waals surface area contributed by atoms with Crippen LogP contribution in [0.1, 0.15) is 15.9 Å². The molecule has 0 atom stereocenters. The number of hydrogen-bond acceptors (Lipinski definition) is 3. The van der Waals surface area contributed by atoms with Gasteiger partial charge in [-0.1, -0.05) is 29.3 Å². The average molecular weight is 293 g/mol. The van der Waals surface area contributed by atoms with Crippen molar-refractivity contribution in [1.29, 1.82) is 5.26 Å². The second-order valence-electron chi connectivity index (χ2n) is 3.67. The number of aromatic carboxylic acids is 1. The van der Waals surface area contributed by atoms with Gasteiger partial charge in [0, 0.05) is 11.8 Å². The number of benzene rings is 1. The molecule has 0 amide bonds. The van der Waals surface area contributed by atoms with E-state index in [1.165, 1.54) is 12.3 Å². The van der Waals surface area contributed by atoms with Crippen molar-refractivity contribution in [3.63, 3.8) is 0 Å². The molecule has 1 N–H and O–H groups in total. The van der Waals surface area contributed by atoms with Crippen LogP contribution in [0.5, 0.6) is 0 Å². The highest BCUT2D eigenvalue weighted by Gasteiger charge is 2.12. The van der Waals surface area contributed by atoms with Crippen molar-refractivity contribution < 1.29 is 9.90 Å². The predicted molar refractivity (Wildman–Crippen MR) is 71.4 cm³/mol. The topological polar surface area (TPSA) is 74.0 Å². The fourth-order valence-corrected chi connectivity index (χ4v) is 1.89. The zero-order chi connectivity index (χ0) is 14.0. The molecular formula is C13H6Cl2N2O2. The molecule has 4 nitrogen and oxygen atoms in total. The Morgan fingerprint density at radius 2 is 2.00 bits per heavy atom. The van der Waals surface area contributed by atoms with Gasteiger partial charge in [-0.2, -0.15) is 5.26 Å². The Bertz CT molecular complexity index is 708. The molecule has 0 aliphatic rings. The third-order valence-corrected chi connectivity index (χ3v) is 3.12. The number of halogens is 2. The van der Waals surface area contributed by atoms with Gasteiger partial charge in [0.25, 0.3) is 0 Å². The average Bonchev–Trinajstić information content (AvgIpc) is 2.39. The van der Waals surface area contributed by atoms with E-state index in [4.69, 9.17) is 33.6 Å². The number of pyridine rings is 1. The first-order chi connectivity index (χ1) is 9.02. The highest BCUT2D eigenvalue weighted by atomic mass is 35.5. The van der Waals surface area contributed by atoms with Crippen LogP contribution in [-0.2, 0) is 0 Å². The molecule has 1 heterocycles. The smallest absolute Gasteiger partial charge is 0.338 e. The van der Waals surface area contributed by atoms with E-state index in [1.54, 1.807) is 18.2 Å². The second kappa shape index (κ2) is 5.27. The summed E-state index contributed by atoms with van der Waals surface area (Å²) in [7, 11) is 0. The first-order valence-electron chi connectivity index (χ1n) is 5.12. The molecule has 2 aromatic rings. The van der Waals surface area contributed by atoms with E-state index < -0.39 is 5.97 Å². The normalized spacial score (nSPS) is 9.95. The minimum absolute atomic E-state index is 0.0780. The number of nitriles is 1. The molecule has 6 heteroatoms. The van der Waals surface area contributed by atoms with E-state index in [9.17, 15) is 4.79 Å². The maximum atomic E-state index is 11.0. The molecule has 0 spiro atoms. The molecule has 1 aromatic heterocycles. The number of rotatable bonds is 2. The summed E-state index contributed by atoms with van der Waals surface area (Å²) in [6.07, 6.45) is 1.44. The van der Waals surface area contributed by atoms with E-state index >= 15 is 0 Å². The molecule has 94 valence electrons. The molecule has 0 saturated heterocycles. The van der Waals surface area contributed by atoms with Gasteiger partial charge in [0.1, 0.15) is 11.2 Å². The minimum atomic E-state index is -1.16. The Kier molecular flexibility index (Phi) is 3.70. The van der Waals surface area contributed by atoms with Gasteiger partial charge in [-0.15, -0.1) is 0 Å². The molecule has 0 radical (unpaired) electrons. The Morgan fingerprint density at radius 3 is 2.63 bits per heavy atom. The van der Waals surface area contributed by atoms with Gasteiger partial charge in [0.2, 0.25) is 0 Å². The molecular weight excluding hydrogens is 287 g/mol. The van der Waals surface area contributed by atoms with Crippen LogP contribution in [0.2, 0.25) is 10.2 Å². The van der Waals surface area contributed by atoms with Crippen LogP contribution in [0.25, 0.3) is 11.1 Å². The largest absolute Gasteiger partial charge is 0.478 e. The second-order valence-corrected chi connectivity index (χ2v) is 4.44. The lowest BCUT2D eigenvalue weighted by Gasteiger charge is -2.05. The van der Waals surface area contributed by atoms with E-state index in [1.807, 2.05) is 6.07 Å². The van der Waals surface area contributed by atoms with Crippen LogP contribution in [0.3, 0.4) is 0 Å². The summed E-state index contributed by atoms with van der Waals surface area (Å²) < 4.78 is 0. The Hall–Kier alpha value is -2.09. The zero-order valence-electron chi connectivity index (χ0n) is 9.39. The van der Waals surface area contributed by atoms with Crippen molar-refractivity contribution in [3.8, 4) is 17.2 Å². The van der Waals surface area contributed by atoms with Gasteiger partial charge in [-0.25, -0.2) is 9.78 Å². The number of carboxylic acid groups (broad SMARTS) is 1. The van der Waals surface area contributed by atoms with Gasteiger partial charge < -0.3 is 5.11 Å². The van der Waals surface area contributed by atoms with Crippen molar-refractivity contribution in [2.45, 2.75) is 0 Å². The number of carbonyl (C=O) groups is 1. The van der Waals surface area contributed by atoms with E-state index in [0.29, 0.717) is 21.7 Å². The van der Waals surface area contributed by atoms with Crippen molar-refractivity contribution >= 4 is 29.2 Å².